The zero-order valence-corrected chi connectivity index (χ0v) is 17.5. The first-order valence-electron chi connectivity index (χ1n) is 9.57. The smallest absolute Gasteiger partial charge is 0.331 e. The van der Waals surface area contributed by atoms with Crippen molar-refractivity contribution >= 4 is 35.0 Å². The Morgan fingerprint density at radius 2 is 2.07 bits per heavy atom. The molecule has 0 bridgehead atoms. The Bertz CT molecular complexity index is 832. The number of methoxy groups -OCH3 is 1. The van der Waals surface area contributed by atoms with Gasteiger partial charge in [0.2, 0.25) is 0 Å². The summed E-state index contributed by atoms with van der Waals surface area (Å²) in [6.45, 7) is 5.28. The number of amidine groups is 1. The second kappa shape index (κ2) is 11.5. The third-order valence-electron chi connectivity index (χ3n) is 4.33. The second-order valence-electron chi connectivity index (χ2n) is 6.46. The lowest BCUT2D eigenvalue weighted by atomic mass is 10.2. The van der Waals surface area contributed by atoms with E-state index >= 15 is 0 Å². The number of nitrogens with one attached hydrogen (secondary N) is 1. The lowest BCUT2D eigenvalue weighted by molar-refractivity contribution is -0.135. The molecule has 0 atom stereocenters. The van der Waals surface area contributed by atoms with Crippen LogP contribution in [-0.2, 0) is 19.1 Å². The minimum Gasteiger partial charge on any atom is -0.494 e. The predicted octanol–water partition coefficient (Wildman–Crippen LogP) is 1.40. The fourth-order valence-corrected chi connectivity index (χ4v) is 3.48. The van der Waals surface area contributed by atoms with Gasteiger partial charge >= 0.3 is 5.97 Å². The van der Waals surface area contributed by atoms with Crippen LogP contribution in [0.25, 0.3) is 0 Å². The van der Waals surface area contributed by atoms with Gasteiger partial charge in [0.05, 0.1) is 38.1 Å². The number of carbonyl (C=O) groups excluding carboxylic acids is 2. The fraction of sp³-hybridized carbons (Fsp3) is 0.400. The first-order valence-corrected chi connectivity index (χ1v) is 10.4. The van der Waals surface area contributed by atoms with Crippen molar-refractivity contribution in [2.24, 2.45) is 10.2 Å². The van der Waals surface area contributed by atoms with Crippen LogP contribution in [0.15, 0.2) is 45.4 Å². The first-order chi connectivity index (χ1) is 14.6. The summed E-state index contributed by atoms with van der Waals surface area (Å²) < 4.78 is 15.6. The molecule has 0 radical (unpaired) electrons. The Morgan fingerprint density at radius 3 is 2.80 bits per heavy atom. The summed E-state index contributed by atoms with van der Waals surface area (Å²) in [5, 5.41) is 10.8. The molecular formula is C20H24N4O5S. The molecule has 0 aromatic heterocycles. The van der Waals surface area contributed by atoms with Crippen molar-refractivity contribution in [3.05, 3.63) is 40.8 Å². The van der Waals surface area contributed by atoms with Crippen LogP contribution in [-0.4, -0.2) is 74.7 Å². The number of nitrogens with zero attached hydrogens (tertiary/aromatic N) is 3. The molecule has 10 heteroatoms. The van der Waals surface area contributed by atoms with Gasteiger partial charge in [-0.2, -0.15) is 5.10 Å². The molecule has 2 heterocycles. The SMILES string of the molecule is COC(=O)/C=C1/S/C(=N\N=Cc2ccc(OCCCN3CCOCC3)cc2)NC1=O. The third-order valence-corrected chi connectivity index (χ3v) is 5.23. The third kappa shape index (κ3) is 6.97. The number of thioether (sulfide) groups is 1. The van der Waals surface area contributed by atoms with Crippen molar-refractivity contribution in [3.8, 4) is 5.75 Å². The Kier molecular flexibility index (Phi) is 8.42. The highest BCUT2D eigenvalue weighted by atomic mass is 32.2. The summed E-state index contributed by atoms with van der Waals surface area (Å²) in [4.78, 5) is 25.6. The molecule has 2 saturated heterocycles. The van der Waals surface area contributed by atoms with E-state index in [1.54, 1.807) is 6.21 Å². The molecule has 0 unspecified atom stereocenters. The molecule has 0 spiro atoms. The molecule has 160 valence electrons. The maximum atomic E-state index is 11.7. The summed E-state index contributed by atoms with van der Waals surface area (Å²) >= 11 is 1.03. The van der Waals surface area contributed by atoms with Crippen LogP contribution in [0.1, 0.15) is 12.0 Å². The standard InChI is InChI=1S/C20H24N4O5S/c1-27-18(25)13-17-19(26)22-20(30-17)23-21-14-15-3-5-16(6-4-15)29-10-2-7-24-8-11-28-12-9-24/h3-6,13-14H,2,7-12H2,1H3,(H,22,23,26)/b17-13+,21-14?. The lowest BCUT2D eigenvalue weighted by Crippen LogP contribution is -2.37. The maximum Gasteiger partial charge on any atom is 0.331 e. The van der Waals surface area contributed by atoms with E-state index in [-0.39, 0.29) is 4.91 Å². The largest absolute Gasteiger partial charge is 0.494 e. The molecule has 2 aliphatic heterocycles. The van der Waals surface area contributed by atoms with E-state index in [0.717, 1.165) is 68.4 Å². The van der Waals surface area contributed by atoms with E-state index in [1.807, 2.05) is 24.3 Å². The quantitative estimate of drug-likeness (QED) is 0.218. The molecule has 1 amide bonds. The van der Waals surface area contributed by atoms with Gasteiger partial charge in [0.25, 0.3) is 5.91 Å². The summed E-state index contributed by atoms with van der Waals surface area (Å²) in [6.07, 6.45) is 3.66. The van der Waals surface area contributed by atoms with Gasteiger partial charge in [-0.25, -0.2) is 4.79 Å². The van der Waals surface area contributed by atoms with Gasteiger partial charge in [-0.3, -0.25) is 15.0 Å². The number of amides is 1. The molecule has 1 N–H and O–H groups in total. The highest BCUT2D eigenvalue weighted by molar-refractivity contribution is 8.18. The monoisotopic (exact) mass is 432 g/mol. The van der Waals surface area contributed by atoms with E-state index in [0.29, 0.717) is 11.8 Å². The molecule has 3 rings (SSSR count). The van der Waals surface area contributed by atoms with Gasteiger partial charge in [0, 0.05) is 25.7 Å². The van der Waals surface area contributed by atoms with Crippen molar-refractivity contribution in [1.82, 2.24) is 10.2 Å². The number of esters is 1. The van der Waals surface area contributed by atoms with Crippen LogP contribution in [0.5, 0.6) is 5.75 Å². The molecule has 1 aromatic rings. The number of rotatable bonds is 8. The summed E-state index contributed by atoms with van der Waals surface area (Å²) in [5.41, 5.74) is 0.847. The highest BCUT2D eigenvalue weighted by Crippen LogP contribution is 2.23. The van der Waals surface area contributed by atoms with Crippen molar-refractivity contribution in [2.45, 2.75) is 6.42 Å². The predicted molar refractivity (Wildman–Crippen MR) is 115 cm³/mol. The molecular weight excluding hydrogens is 408 g/mol. The van der Waals surface area contributed by atoms with Crippen molar-refractivity contribution in [1.29, 1.82) is 0 Å². The fourth-order valence-electron chi connectivity index (χ4n) is 2.74. The molecule has 2 aliphatic rings. The van der Waals surface area contributed by atoms with E-state index in [9.17, 15) is 9.59 Å². The van der Waals surface area contributed by atoms with E-state index in [1.165, 1.54) is 7.11 Å². The highest BCUT2D eigenvalue weighted by Gasteiger charge is 2.24. The summed E-state index contributed by atoms with van der Waals surface area (Å²) in [7, 11) is 1.25. The molecule has 30 heavy (non-hydrogen) atoms. The van der Waals surface area contributed by atoms with Crippen LogP contribution in [0.3, 0.4) is 0 Å². The topological polar surface area (TPSA) is 102 Å². The normalized spacial score (nSPS) is 20.1. The number of hydrogen-bond donors (Lipinski definition) is 1. The maximum absolute atomic E-state index is 11.7. The van der Waals surface area contributed by atoms with Crippen molar-refractivity contribution in [3.63, 3.8) is 0 Å². The first kappa shape index (κ1) is 22.0. The lowest BCUT2D eigenvalue weighted by Gasteiger charge is -2.26. The van der Waals surface area contributed by atoms with Gasteiger partial charge < -0.3 is 14.2 Å². The molecule has 1 aromatic carbocycles. The van der Waals surface area contributed by atoms with E-state index < -0.39 is 11.9 Å². The molecule has 0 saturated carbocycles. The number of morpholine rings is 1. The zero-order valence-electron chi connectivity index (χ0n) is 16.7. The number of carbonyl (C=O) groups is 2. The summed E-state index contributed by atoms with van der Waals surface area (Å²) in [5.74, 6) is -0.202. The van der Waals surface area contributed by atoms with Gasteiger partial charge in [-0.05, 0) is 48.0 Å². The van der Waals surface area contributed by atoms with Crippen molar-refractivity contribution < 1.29 is 23.8 Å². The number of ether oxygens (including phenoxy) is 3. The van der Waals surface area contributed by atoms with Gasteiger partial charge in [-0.1, -0.05) is 0 Å². The van der Waals surface area contributed by atoms with Crippen LogP contribution >= 0.6 is 11.8 Å². The van der Waals surface area contributed by atoms with Gasteiger partial charge in [-0.15, -0.1) is 5.10 Å². The van der Waals surface area contributed by atoms with E-state index in [2.05, 4.69) is 25.2 Å². The average molecular weight is 433 g/mol. The van der Waals surface area contributed by atoms with Crippen LogP contribution in [0.2, 0.25) is 0 Å². The Balaban J connectivity index is 1.42. The summed E-state index contributed by atoms with van der Waals surface area (Å²) in [6, 6.07) is 7.52. The van der Waals surface area contributed by atoms with E-state index in [4.69, 9.17) is 9.47 Å². The average Bonchev–Trinajstić information content (AvgIpc) is 3.11. The zero-order chi connectivity index (χ0) is 21.2. The Labute approximate surface area is 179 Å². The molecule has 2 fully saturated rings. The van der Waals surface area contributed by atoms with Crippen LogP contribution in [0.4, 0.5) is 0 Å². The van der Waals surface area contributed by atoms with Crippen LogP contribution < -0.4 is 10.1 Å². The van der Waals surface area contributed by atoms with Crippen molar-refractivity contribution in [2.75, 3.05) is 46.6 Å². The Morgan fingerprint density at radius 1 is 1.30 bits per heavy atom. The number of hydrogen-bond acceptors (Lipinski definition) is 9. The van der Waals surface area contributed by atoms with Crippen LogP contribution in [0, 0.1) is 0 Å². The molecule has 9 nitrogen and oxygen atoms in total. The Hall–Kier alpha value is -2.69. The van der Waals surface area contributed by atoms with Gasteiger partial charge in [0.1, 0.15) is 5.75 Å². The molecule has 0 aliphatic carbocycles. The second-order valence-corrected chi connectivity index (χ2v) is 7.49. The van der Waals surface area contributed by atoms with Gasteiger partial charge in [0.15, 0.2) is 5.17 Å². The minimum atomic E-state index is -0.596. The number of benzene rings is 1. The minimum absolute atomic E-state index is 0.214.